The molecule has 0 atom stereocenters. The molecule has 0 fully saturated rings. The third-order valence-corrected chi connectivity index (χ3v) is 3.05. The normalized spacial score (nSPS) is 11.2. The van der Waals surface area contributed by atoms with E-state index in [4.69, 9.17) is 4.74 Å². The predicted molar refractivity (Wildman–Crippen MR) is 76.3 cm³/mol. The number of ether oxygens (including phenoxy) is 1. The van der Waals surface area contributed by atoms with Crippen molar-refractivity contribution in [3.05, 3.63) is 42.0 Å². The van der Waals surface area contributed by atoms with Crippen molar-refractivity contribution >= 4 is 17.7 Å². The largest absolute Gasteiger partial charge is 0.446 e. The van der Waals surface area contributed by atoms with E-state index in [9.17, 15) is 18.0 Å². The Bertz CT molecular complexity index is 503. The van der Waals surface area contributed by atoms with Crippen LogP contribution in [0, 0.1) is 0 Å². The topological polar surface area (TPSA) is 38.3 Å². The number of rotatable bonds is 7. The van der Waals surface area contributed by atoms with Crippen LogP contribution in [0.25, 0.3) is 0 Å². The first-order chi connectivity index (χ1) is 9.79. The van der Waals surface area contributed by atoms with E-state index in [-0.39, 0.29) is 35.4 Å². The van der Waals surface area contributed by atoms with Crippen molar-refractivity contribution in [3.63, 3.8) is 0 Å². The van der Waals surface area contributed by atoms with Crippen LogP contribution in [-0.4, -0.2) is 31.2 Å². The smallest absolute Gasteiger partial charge is 0.375 e. The van der Waals surface area contributed by atoms with Gasteiger partial charge in [-0.1, -0.05) is 24.3 Å². The molecule has 0 aliphatic rings. The fourth-order valence-electron chi connectivity index (χ4n) is 1.45. The van der Waals surface area contributed by atoms with E-state index in [1.54, 1.807) is 0 Å². The number of nitrogens with one attached hydrogen (secondary N) is 1. The zero-order valence-corrected chi connectivity index (χ0v) is 12.3. The molecule has 116 valence electrons. The molecular formula is C14H16F3NO2S. The predicted octanol–water partition coefficient (Wildman–Crippen LogP) is 3.62. The van der Waals surface area contributed by atoms with Gasteiger partial charge in [-0.05, 0) is 30.8 Å². The Morgan fingerprint density at radius 2 is 2.05 bits per heavy atom. The molecule has 0 aliphatic carbocycles. The van der Waals surface area contributed by atoms with Crippen molar-refractivity contribution in [3.8, 4) is 0 Å². The highest BCUT2D eigenvalue weighted by atomic mass is 32.2. The fourth-order valence-corrected chi connectivity index (χ4v) is 2.11. The van der Waals surface area contributed by atoms with Gasteiger partial charge in [0.05, 0.1) is 18.8 Å². The number of carbonyl (C=O) groups is 1. The first-order valence-corrected chi connectivity index (χ1v) is 6.96. The Kier molecular flexibility index (Phi) is 6.77. The van der Waals surface area contributed by atoms with Gasteiger partial charge in [0.25, 0.3) is 5.91 Å². The van der Waals surface area contributed by atoms with Crippen LogP contribution in [0.4, 0.5) is 13.2 Å². The van der Waals surface area contributed by atoms with E-state index in [1.165, 1.54) is 24.3 Å². The minimum Gasteiger partial charge on any atom is -0.375 e. The molecule has 1 aromatic rings. The Labute approximate surface area is 125 Å². The summed E-state index contributed by atoms with van der Waals surface area (Å²) in [5.74, 6) is -0.554. The van der Waals surface area contributed by atoms with Gasteiger partial charge in [0.1, 0.15) is 0 Å². The second-order valence-electron chi connectivity index (χ2n) is 4.31. The monoisotopic (exact) mass is 319 g/mol. The fraction of sp³-hybridized carbons (Fsp3) is 0.357. The molecule has 1 N–H and O–H groups in total. The van der Waals surface area contributed by atoms with E-state index in [0.717, 1.165) is 5.57 Å². The minimum absolute atomic E-state index is 0.000253. The van der Waals surface area contributed by atoms with Crippen LogP contribution >= 0.6 is 11.8 Å². The van der Waals surface area contributed by atoms with Gasteiger partial charge in [-0.2, -0.15) is 13.2 Å². The van der Waals surface area contributed by atoms with Crippen LogP contribution < -0.4 is 5.32 Å². The average Bonchev–Trinajstić information content (AvgIpc) is 2.36. The van der Waals surface area contributed by atoms with Gasteiger partial charge < -0.3 is 10.1 Å². The molecule has 1 aromatic carbocycles. The van der Waals surface area contributed by atoms with Crippen molar-refractivity contribution in [2.45, 2.75) is 17.3 Å². The Balaban J connectivity index is 2.56. The zero-order chi connectivity index (χ0) is 15.9. The molecule has 1 amide bonds. The van der Waals surface area contributed by atoms with Gasteiger partial charge in [0, 0.05) is 11.4 Å². The molecule has 0 radical (unpaired) electrons. The minimum atomic E-state index is -4.43. The van der Waals surface area contributed by atoms with Crippen LogP contribution in [0.5, 0.6) is 0 Å². The summed E-state index contributed by atoms with van der Waals surface area (Å²) in [7, 11) is 0. The molecule has 0 spiro atoms. The highest BCUT2D eigenvalue weighted by Gasteiger charge is 2.31. The first kappa shape index (κ1) is 17.6. The lowest BCUT2D eigenvalue weighted by molar-refractivity contribution is -0.0328. The summed E-state index contributed by atoms with van der Waals surface area (Å²) in [4.78, 5) is 11.8. The van der Waals surface area contributed by atoms with Gasteiger partial charge in [-0.25, -0.2) is 0 Å². The van der Waals surface area contributed by atoms with Crippen LogP contribution in [0.15, 0.2) is 41.3 Å². The lowest BCUT2D eigenvalue weighted by Crippen LogP contribution is -2.28. The van der Waals surface area contributed by atoms with E-state index in [1.807, 2.05) is 6.92 Å². The molecule has 0 aromatic heterocycles. The molecule has 7 heteroatoms. The van der Waals surface area contributed by atoms with Gasteiger partial charge >= 0.3 is 5.51 Å². The lowest BCUT2D eigenvalue weighted by Gasteiger charge is -2.11. The number of hydrogen-bond donors (Lipinski definition) is 1. The number of alkyl halides is 3. The SMILES string of the molecule is C=C(C)COCCNC(=O)c1ccccc1SC(F)(F)F. The maximum Gasteiger partial charge on any atom is 0.446 e. The van der Waals surface area contributed by atoms with E-state index >= 15 is 0 Å². The van der Waals surface area contributed by atoms with Crippen LogP contribution in [0.3, 0.4) is 0 Å². The molecule has 0 saturated heterocycles. The van der Waals surface area contributed by atoms with Crippen LogP contribution in [-0.2, 0) is 4.74 Å². The average molecular weight is 319 g/mol. The number of benzene rings is 1. The Morgan fingerprint density at radius 1 is 1.38 bits per heavy atom. The summed E-state index contributed by atoms with van der Waals surface area (Å²) in [6.07, 6.45) is 0. The molecule has 0 bridgehead atoms. The van der Waals surface area contributed by atoms with Crippen molar-refractivity contribution < 1.29 is 22.7 Å². The van der Waals surface area contributed by atoms with Crippen molar-refractivity contribution in [2.75, 3.05) is 19.8 Å². The van der Waals surface area contributed by atoms with Gasteiger partial charge in [0.15, 0.2) is 0 Å². The number of thioether (sulfide) groups is 1. The molecule has 0 heterocycles. The van der Waals surface area contributed by atoms with Crippen molar-refractivity contribution in [1.82, 2.24) is 5.32 Å². The number of carbonyl (C=O) groups excluding carboxylic acids is 1. The van der Waals surface area contributed by atoms with Crippen LogP contribution in [0.2, 0.25) is 0 Å². The molecule has 0 aliphatic heterocycles. The Morgan fingerprint density at radius 3 is 2.67 bits per heavy atom. The highest BCUT2D eigenvalue weighted by Crippen LogP contribution is 2.38. The number of amides is 1. The molecule has 0 unspecified atom stereocenters. The summed E-state index contributed by atoms with van der Waals surface area (Å²) < 4.78 is 42.4. The lowest BCUT2D eigenvalue weighted by atomic mass is 10.2. The standard InChI is InChI=1S/C14H16F3NO2S/c1-10(2)9-20-8-7-18-13(19)11-5-3-4-6-12(11)21-14(15,16)17/h3-6H,1,7-9H2,2H3,(H,18,19). The zero-order valence-electron chi connectivity index (χ0n) is 11.5. The Hall–Kier alpha value is -1.47. The second-order valence-corrected chi connectivity index (χ2v) is 5.42. The summed E-state index contributed by atoms with van der Waals surface area (Å²) in [6.45, 7) is 6.34. The maximum atomic E-state index is 12.4. The molecule has 3 nitrogen and oxygen atoms in total. The quantitative estimate of drug-likeness (QED) is 0.474. The first-order valence-electron chi connectivity index (χ1n) is 6.14. The molecule has 21 heavy (non-hydrogen) atoms. The summed E-state index contributed by atoms with van der Waals surface area (Å²) in [5.41, 5.74) is -3.57. The second kappa shape index (κ2) is 8.09. The van der Waals surface area contributed by atoms with E-state index in [0.29, 0.717) is 6.61 Å². The number of halogens is 3. The summed E-state index contributed by atoms with van der Waals surface area (Å²) in [6, 6.07) is 5.61. The van der Waals surface area contributed by atoms with Crippen LogP contribution in [0.1, 0.15) is 17.3 Å². The summed E-state index contributed by atoms with van der Waals surface area (Å²) >= 11 is -0.300. The third-order valence-electron chi connectivity index (χ3n) is 2.24. The van der Waals surface area contributed by atoms with Crippen molar-refractivity contribution in [2.24, 2.45) is 0 Å². The van der Waals surface area contributed by atoms with Gasteiger partial charge in [-0.15, -0.1) is 0 Å². The maximum absolute atomic E-state index is 12.4. The van der Waals surface area contributed by atoms with E-state index < -0.39 is 11.4 Å². The third kappa shape index (κ3) is 7.19. The highest BCUT2D eigenvalue weighted by molar-refractivity contribution is 8.00. The summed E-state index contributed by atoms with van der Waals surface area (Å²) in [5, 5.41) is 2.52. The molecular weight excluding hydrogens is 303 g/mol. The molecule has 0 saturated carbocycles. The number of hydrogen-bond acceptors (Lipinski definition) is 3. The molecule has 1 rings (SSSR count). The van der Waals surface area contributed by atoms with Gasteiger partial charge in [-0.3, -0.25) is 4.79 Å². The van der Waals surface area contributed by atoms with Crippen molar-refractivity contribution in [1.29, 1.82) is 0 Å². The van der Waals surface area contributed by atoms with E-state index in [2.05, 4.69) is 11.9 Å². The van der Waals surface area contributed by atoms with Gasteiger partial charge in [0.2, 0.25) is 0 Å².